The molecule has 2 aliphatic rings. The summed E-state index contributed by atoms with van der Waals surface area (Å²) in [7, 11) is 0. The topological polar surface area (TPSA) is 122 Å². The van der Waals surface area contributed by atoms with Gasteiger partial charge in [0.15, 0.2) is 0 Å². The van der Waals surface area contributed by atoms with Gasteiger partial charge in [-0.25, -0.2) is 9.18 Å². The van der Waals surface area contributed by atoms with E-state index in [2.05, 4.69) is 10.6 Å². The van der Waals surface area contributed by atoms with Crippen molar-refractivity contribution in [3.8, 4) is 0 Å². The smallest absolute Gasteiger partial charge is 0.323 e. The largest absolute Gasteiger partial charge is 0.325 e. The van der Waals surface area contributed by atoms with Crippen molar-refractivity contribution in [3.05, 3.63) is 34.1 Å². The van der Waals surface area contributed by atoms with Gasteiger partial charge in [0.1, 0.15) is 17.9 Å². The molecule has 1 saturated heterocycles. The molecule has 2 N–H and O–H groups in total. The second-order valence-electron chi connectivity index (χ2n) is 8.73. The maximum Gasteiger partial charge on any atom is 0.325 e. The van der Waals surface area contributed by atoms with Crippen LogP contribution in [0.5, 0.6) is 0 Å². The maximum absolute atomic E-state index is 13.9. The van der Waals surface area contributed by atoms with E-state index in [1.54, 1.807) is 0 Å². The number of nitro benzene ring substituents is 1. The molecule has 0 aromatic heterocycles. The van der Waals surface area contributed by atoms with Crippen LogP contribution in [-0.2, 0) is 9.59 Å². The summed E-state index contributed by atoms with van der Waals surface area (Å²) in [5, 5.41) is 15.8. The number of rotatable bonds is 4. The third kappa shape index (κ3) is 4.06. The quantitative estimate of drug-likeness (QED) is 0.452. The number of non-ortho nitro benzene ring substituents is 1. The van der Waals surface area contributed by atoms with Gasteiger partial charge in [0, 0.05) is 12.1 Å². The monoisotopic (exact) mass is 406 g/mol. The van der Waals surface area contributed by atoms with Crippen LogP contribution >= 0.6 is 0 Å². The van der Waals surface area contributed by atoms with E-state index in [4.69, 9.17) is 0 Å². The van der Waals surface area contributed by atoms with E-state index < -0.39 is 52.0 Å². The summed E-state index contributed by atoms with van der Waals surface area (Å²) in [6, 6.07) is 2.04. The molecule has 9 nitrogen and oxygen atoms in total. The molecule has 0 bridgehead atoms. The Morgan fingerprint density at radius 1 is 1.38 bits per heavy atom. The van der Waals surface area contributed by atoms with E-state index in [1.807, 2.05) is 20.8 Å². The Kier molecular flexibility index (Phi) is 5.06. The Hall–Kier alpha value is -3.04. The van der Waals surface area contributed by atoms with Crippen LogP contribution in [0.4, 0.5) is 20.6 Å². The third-order valence-electron chi connectivity index (χ3n) is 5.36. The van der Waals surface area contributed by atoms with Crippen molar-refractivity contribution in [1.82, 2.24) is 10.2 Å². The van der Waals surface area contributed by atoms with Gasteiger partial charge < -0.3 is 10.6 Å². The molecule has 29 heavy (non-hydrogen) atoms. The van der Waals surface area contributed by atoms with E-state index >= 15 is 0 Å². The van der Waals surface area contributed by atoms with Crippen LogP contribution in [-0.4, -0.2) is 39.8 Å². The minimum absolute atomic E-state index is 0.148. The van der Waals surface area contributed by atoms with Gasteiger partial charge in [0.25, 0.3) is 11.6 Å². The highest BCUT2D eigenvalue weighted by atomic mass is 19.1. The molecule has 2 fully saturated rings. The minimum Gasteiger partial charge on any atom is -0.323 e. The number of nitro groups is 1. The molecule has 1 spiro atoms. The highest BCUT2D eigenvalue weighted by Gasteiger charge is 2.56. The van der Waals surface area contributed by atoms with Crippen LogP contribution in [0, 0.1) is 27.3 Å². The van der Waals surface area contributed by atoms with E-state index in [0.717, 1.165) is 29.5 Å². The number of hydrogen-bond donors (Lipinski definition) is 2. The number of anilines is 1. The summed E-state index contributed by atoms with van der Waals surface area (Å²) >= 11 is 0. The Labute approximate surface area is 166 Å². The van der Waals surface area contributed by atoms with Crippen molar-refractivity contribution in [2.75, 3.05) is 11.9 Å². The van der Waals surface area contributed by atoms with Crippen LogP contribution < -0.4 is 10.6 Å². The van der Waals surface area contributed by atoms with Crippen LogP contribution in [0.25, 0.3) is 0 Å². The summed E-state index contributed by atoms with van der Waals surface area (Å²) in [6.45, 7) is 5.47. The summed E-state index contributed by atoms with van der Waals surface area (Å²) in [5.41, 5.74) is -1.98. The summed E-state index contributed by atoms with van der Waals surface area (Å²) in [6.07, 6.45) is 1.87. The number of nitrogens with zero attached hydrogens (tertiary/aromatic N) is 2. The van der Waals surface area contributed by atoms with Crippen molar-refractivity contribution in [2.24, 2.45) is 11.3 Å². The van der Waals surface area contributed by atoms with Crippen LogP contribution in [0.15, 0.2) is 18.2 Å². The van der Waals surface area contributed by atoms with Crippen molar-refractivity contribution in [3.63, 3.8) is 0 Å². The lowest BCUT2D eigenvalue weighted by Gasteiger charge is -2.43. The Morgan fingerprint density at radius 2 is 2.07 bits per heavy atom. The first-order valence-corrected chi connectivity index (χ1v) is 9.30. The molecule has 3 rings (SSSR count). The zero-order valence-electron chi connectivity index (χ0n) is 16.5. The molecular formula is C19H23FN4O5. The van der Waals surface area contributed by atoms with Gasteiger partial charge in [-0.2, -0.15) is 0 Å². The van der Waals surface area contributed by atoms with Gasteiger partial charge in [0.2, 0.25) is 5.91 Å². The highest BCUT2D eigenvalue weighted by molar-refractivity contribution is 6.10. The Bertz CT molecular complexity index is 903. The molecule has 4 amide bonds. The van der Waals surface area contributed by atoms with Gasteiger partial charge in [-0.3, -0.25) is 24.6 Å². The van der Waals surface area contributed by atoms with Crippen LogP contribution in [0.3, 0.4) is 0 Å². The average molecular weight is 406 g/mol. The highest BCUT2D eigenvalue weighted by Crippen LogP contribution is 2.46. The van der Waals surface area contributed by atoms with Crippen molar-refractivity contribution < 1.29 is 23.7 Å². The fourth-order valence-electron chi connectivity index (χ4n) is 4.71. The Morgan fingerprint density at radius 3 is 2.69 bits per heavy atom. The second-order valence-corrected chi connectivity index (χ2v) is 8.73. The third-order valence-corrected chi connectivity index (χ3v) is 5.36. The van der Waals surface area contributed by atoms with Crippen LogP contribution in [0.2, 0.25) is 0 Å². The van der Waals surface area contributed by atoms with E-state index in [9.17, 15) is 28.9 Å². The number of carbonyl (C=O) groups is 3. The number of amides is 4. The van der Waals surface area contributed by atoms with Crippen molar-refractivity contribution in [1.29, 1.82) is 0 Å². The number of imide groups is 1. The first kappa shape index (κ1) is 20.7. The fraction of sp³-hybridized carbons (Fsp3) is 0.526. The molecule has 1 heterocycles. The molecule has 0 unspecified atom stereocenters. The minimum atomic E-state index is -1.05. The standard InChI is InChI=1S/C19H23FN4O5/c1-11-7-18(2,3)10-19(8-11)16(26)23(17(27)22-19)9-15(25)21-14-6-12(24(28)29)4-5-13(14)20/h4-6,11H,7-10H2,1-3H3,(H,21,25)(H,22,27)/t11-,19-/m0/s1. The van der Waals surface area contributed by atoms with Gasteiger partial charge in [-0.05, 0) is 36.7 Å². The first-order valence-electron chi connectivity index (χ1n) is 9.30. The zero-order chi connectivity index (χ0) is 21.6. The van der Waals surface area contributed by atoms with Crippen LogP contribution in [0.1, 0.15) is 40.0 Å². The van der Waals surface area contributed by atoms with Gasteiger partial charge in [-0.1, -0.05) is 20.8 Å². The molecular weight excluding hydrogens is 383 g/mol. The first-order chi connectivity index (χ1) is 13.4. The molecule has 1 aliphatic carbocycles. The van der Waals surface area contributed by atoms with Crippen molar-refractivity contribution >= 4 is 29.2 Å². The van der Waals surface area contributed by atoms with Gasteiger partial charge in [0.05, 0.1) is 10.6 Å². The SMILES string of the molecule is C[C@H]1CC(C)(C)C[C@]2(C1)NC(=O)N(CC(=O)Nc1cc([N+](=O)[O-])ccc1F)C2=O. The zero-order valence-corrected chi connectivity index (χ0v) is 16.5. The lowest BCUT2D eigenvalue weighted by atomic mass is 9.64. The number of halogens is 1. The molecule has 0 radical (unpaired) electrons. The average Bonchev–Trinajstić information content (AvgIpc) is 2.78. The molecule has 1 aliphatic heterocycles. The van der Waals surface area contributed by atoms with E-state index in [1.165, 1.54) is 0 Å². The fourth-order valence-corrected chi connectivity index (χ4v) is 4.71. The van der Waals surface area contributed by atoms with E-state index in [-0.39, 0.29) is 11.3 Å². The lowest BCUT2D eigenvalue weighted by Crippen LogP contribution is -2.54. The summed E-state index contributed by atoms with van der Waals surface area (Å²) < 4.78 is 13.9. The summed E-state index contributed by atoms with van der Waals surface area (Å²) in [5.74, 6) is -1.94. The molecule has 156 valence electrons. The molecule has 1 aromatic rings. The maximum atomic E-state index is 13.9. The molecule has 1 aromatic carbocycles. The predicted molar refractivity (Wildman–Crippen MR) is 101 cm³/mol. The van der Waals surface area contributed by atoms with Crippen molar-refractivity contribution in [2.45, 2.75) is 45.6 Å². The number of hydrogen-bond acceptors (Lipinski definition) is 5. The lowest BCUT2D eigenvalue weighted by molar-refractivity contribution is -0.384. The number of carbonyl (C=O) groups excluding carboxylic acids is 3. The van der Waals surface area contributed by atoms with E-state index in [0.29, 0.717) is 12.8 Å². The second kappa shape index (κ2) is 7.09. The Balaban J connectivity index is 1.75. The normalized spacial score (nSPS) is 25.8. The number of benzene rings is 1. The van der Waals surface area contributed by atoms with Gasteiger partial charge in [-0.15, -0.1) is 0 Å². The number of urea groups is 1. The summed E-state index contributed by atoms with van der Waals surface area (Å²) in [4.78, 5) is 48.7. The molecule has 1 saturated carbocycles. The predicted octanol–water partition coefficient (Wildman–Crippen LogP) is 2.81. The molecule has 2 atom stereocenters. The number of nitrogens with one attached hydrogen (secondary N) is 2. The van der Waals surface area contributed by atoms with Gasteiger partial charge >= 0.3 is 6.03 Å². The molecule has 10 heteroatoms.